The fourth-order valence-corrected chi connectivity index (χ4v) is 4.90. The van der Waals surface area contributed by atoms with E-state index in [2.05, 4.69) is 15.2 Å². The van der Waals surface area contributed by atoms with Crippen LogP contribution in [0.3, 0.4) is 0 Å². The lowest BCUT2D eigenvalue weighted by molar-refractivity contribution is -0.190. The molecule has 18 heteroatoms. The van der Waals surface area contributed by atoms with Gasteiger partial charge in [-0.2, -0.15) is 31.4 Å². The molecule has 3 aromatic heterocycles. The molecule has 1 fully saturated rings. The highest BCUT2D eigenvalue weighted by molar-refractivity contribution is 7.90. The van der Waals surface area contributed by atoms with Crippen LogP contribution in [0, 0.1) is 5.41 Å². The summed E-state index contributed by atoms with van der Waals surface area (Å²) in [5.74, 6) is -1.32. The summed E-state index contributed by atoms with van der Waals surface area (Å²) in [6, 6.07) is 3.63. The minimum Gasteiger partial charge on any atom is -0.477 e. The predicted octanol–water partition coefficient (Wildman–Crippen LogP) is 3.90. The summed E-state index contributed by atoms with van der Waals surface area (Å²) in [7, 11) is -3.92. The summed E-state index contributed by atoms with van der Waals surface area (Å²) in [4.78, 5) is 15.2. The highest BCUT2D eigenvalue weighted by Crippen LogP contribution is 2.59. The lowest BCUT2D eigenvalue weighted by atomic mass is 10.0. The van der Waals surface area contributed by atoms with Gasteiger partial charge in [0.1, 0.15) is 10.0 Å². The second-order valence-corrected chi connectivity index (χ2v) is 10.4. The zero-order chi connectivity index (χ0) is 28.1. The fourth-order valence-electron chi connectivity index (χ4n) is 3.50. The smallest absolute Gasteiger partial charge is 0.436 e. The number of rotatable bonds is 8. The van der Waals surface area contributed by atoms with E-state index in [0.717, 1.165) is 17.8 Å². The summed E-state index contributed by atoms with van der Waals surface area (Å²) in [5.41, 5.74) is -3.90. The Morgan fingerprint density at radius 1 is 1.16 bits per heavy atom. The van der Waals surface area contributed by atoms with Crippen molar-refractivity contribution in [1.29, 1.82) is 0 Å². The number of alkyl halides is 6. The van der Waals surface area contributed by atoms with E-state index < -0.39 is 55.0 Å². The SMILES string of the molecule is Cn1cc(S(=O)(=O)NC(=O)c2ccc(-n3ccc(OCCC4(C(F)(F)F)CC4)n3)nc2Cl)c(C(F)(F)F)n1. The minimum atomic E-state index is -5.10. The zero-order valence-corrected chi connectivity index (χ0v) is 20.7. The average molecular weight is 587 g/mol. The molecular formula is C20H17ClF6N6O4S. The van der Waals surface area contributed by atoms with Gasteiger partial charge >= 0.3 is 12.4 Å². The van der Waals surface area contributed by atoms with E-state index in [9.17, 15) is 39.6 Å². The molecule has 1 aliphatic carbocycles. The number of halogens is 7. The van der Waals surface area contributed by atoms with Gasteiger partial charge in [0.25, 0.3) is 15.9 Å². The van der Waals surface area contributed by atoms with Gasteiger partial charge < -0.3 is 4.74 Å². The third kappa shape index (κ3) is 5.57. The summed E-state index contributed by atoms with van der Waals surface area (Å²) in [6.07, 6.45) is -7.58. The van der Waals surface area contributed by atoms with Crippen molar-refractivity contribution in [2.45, 2.75) is 36.5 Å². The Morgan fingerprint density at radius 3 is 2.42 bits per heavy atom. The molecule has 0 atom stereocenters. The Kier molecular flexibility index (Phi) is 6.88. The number of nitrogens with one attached hydrogen (secondary N) is 1. The molecule has 1 amide bonds. The van der Waals surface area contributed by atoms with Crippen molar-refractivity contribution in [2.24, 2.45) is 12.5 Å². The molecule has 0 saturated heterocycles. The number of pyridine rings is 1. The number of aryl methyl sites for hydroxylation is 1. The van der Waals surface area contributed by atoms with Gasteiger partial charge in [0.15, 0.2) is 11.5 Å². The molecule has 1 saturated carbocycles. The molecule has 1 aliphatic rings. The first-order chi connectivity index (χ1) is 17.5. The van der Waals surface area contributed by atoms with Crippen molar-refractivity contribution < 1.29 is 44.3 Å². The van der Waals surface area contributed by atoms with Gasteiger partial charge in [-0.05, 0) is 31.4 Å². The van der Waals surface area contributed by atoms with E-state index in [1.165, 1.54) is 23.1 Å². The number of carbonyl (C=O) groups is 1. The number of aromatic nitrogens is 5. The van der Waals surface area contributed by atoms with Crippen molar-refractivity contribution in [3.63, 3.8) is 0 Å². The molecular weight excluding hydrogens is 570 g/mol. The van der Waals surface area contributed by atoms with E-state index in [1.54, 1.807) is 0 Å². The molecule has 0 aromatic carbocycles. The zero-order valence-electron chi connectivity index (χ0n) is 19.1. The lowest BCUT2D eigenvalue weighted by Crippen LogP contribution is -2.32. The van der Waals surface area contributed by atoms with Crippen LogP contribution in [0.15, 0.2) is 35.5 Å². The van der Waals surface area contributed by atoms with Crippen LogP contribution >= 0.6 is 11.6 Å². The van der Waals surface area contributed by atoms with Gasteiger partial charge in [-0.15, -0.1) is 5.10 Å². The second kappa shape index (κ2) is 9.44. The Morgan fingerprint density at radius 2 is 1.84 bits per heavy atom. The van der Waals surface area contributed by atoms with Crippen LogP contribution in [0.25, 0.3) is 5.82 Å². The Bertz CT molecular complexity index is 1480. The molecule has 206 valence electrons. The highest BCUT2D eigenvalue weighted by atomic mass is 35.5. The minimum absolute atomic E-state index is 0.00532. The van der Waals surface area contributed by atoms with Crippen molar-refractivity contribution in [1.82, 2.24) is 29.3 Å². The first-order valence-corrected chi connectivity index (χ1v) is 12.5. The molecule has 3 aromatic rings. The number of hydrogen-bond donors (Lipinski definition) is 1. The molecule has 10 nitrogen and oxygen atoms in total. The van der Waals surface area contributed by atoms with Gasteiger partial charge in [-0.3, -0.25) is 9.48 Å². The van der Waals surface area contributed by atoms with E-state index in [-0.39, 0.29) is 37.6 Å². The first kappa shape index (κ1) is 27.7. The number of carbonyl (C=O) groups excluding carboxylic acids is 1. The number of ether oxygens (including phenoxy) is 1. The standard InChI is InChI=1S/C20H17ClF6N6O4S/c1-32-10-12(15(30-32)19(22,23)24)38(35,36)31-17(34)11-2-3-13(28-16(11)21)33-8-4-14(29-33)37-9-7-18(5-6-18)20(25,26)27/h2-4,8,10H,5-7,9H2,1H3,(H,31,34). The van der Waals surface area contributed by atoms with E-state index in [0.29, 0.717) is 10.9 Å². The Labute approximate surface area is 215 Å². The Balaban J connectivity index is 1.44. The van der Waals surface area contributed by atoms with Gasteiger partial charge in [-0.1, -0.05) is 11.6 Å². The van der Waals surface area contributed by atoms with Crippen LogP contribution in [0.1, 0.15) is 35.3 Å². The summed E-state index contributed by atoms with van der Waals surface area (Å²) in [6.45, 7) is -0.217. The van der Waals surface area contributed by atoms with E-state index in [1.807, 2.05) is 0 Å². The largest absolute Gasteiger partial charge is 0.477 e. The maximum atomic E-state index is 13.1. The van der Waals surface area contributed by atoms with Crippen molar-refractivity contribution >= 4 is 27.5 Å². The first-order valence-electron chi connectivity index (χ1n) is 10.6. The molecule has 0 spiro atoms. The molecule has 0 bridgehead atoms. The predicted molar refractivity (Wildman–Crippen MR) is 117 cm³/mol. The molecule has 4 rings (SSSR count). The van der Waals surface area contributed by atoms with Gasteiger partial charge in [0.2, 0.25) is 5.88 Å². The third-order valence-electron chi connectivity index (χ3n) is 5.74. The Hall–Kier alpha value is -3.34. The number of nitrogens with zero attached hydrogens (tertiary/aromatic N) is 5. The topological polar surface area (TPSA) is 121 Å². The van der Waals surface area contributed by atoms with Crippen LogP contribution in [-0.2, 0) is 23.2 Å². The normalized spacial score (nSPS) is 15.4. The lowest BCUT2D eigenvalue weighted by Gasteiger charge is -2.18. The van der Waals surface area contributed by atoms with Crippen LogP contribution in [0.4, 0.5) is 26.3 Å². The highest BCUT2D eigenvalue weighted by Gasteiger charge is 2.62. The molecule has 3 heterocycles. The maximum absolute atomic E-state index is 13.1. The van der Waals surface area contributed by atoms with Crippen LogP contribution in [0.2, 0.25) is 5.15 Å². The van der Waals surface area contributed by atoms with Crippen LogP contribution in [-0.4, -0.2) is 51.7 Å². The monoisotopic (exact) mass is 586 g/mol. The summed E-state index contributed by atoms with van der Waals surface area (Å²) in [5, 5.41) is 6.60. The molecule has 0 radical (unpaired) electrons. The fraction of sp³-hybridized carbons (Fsp3) is 0.400. The average Bonchev–Trinajstić information content (AvgIpc) is 3.25. The molecule has 0 aliphatic heterocycles. The van der Waals surface area contributed by atoms with Crippen molar-refractivity contribution in [3.8, 4) is 11.7 Å². The van der Waals surface area contributed by atoms with Gasteiger partial charge in [-0.25, -0.2) is 22.8 Å². The molecule has 0 unspecified atom stereocenters. The van der Waals surface area contributed by atoms with E-state index >= 15 is 0 Å². The second-order valence-electron chi connectivity index (χ2n) is 8.43. The van der Waals surface area contributed by atoms with Crippen LogP contribution < -0.4 is 9.46 Å². The van der Waals surface area contributed by atoms with Crippen molar-refractivity contribution in [2.75, 3.05) is 6.61 Å². The van der Waals surface area contributed by atoms with Crippen molar-refractivity contribution in [3.05, 3.63) is 47.0 Å². The maximum Gasteiger partial charge on any atom is 0.436 e. The molecule has 1 N–H and O–H groups in total. The number of hydrogen-bond acceptors (Lipinski definition) is 7. The van der Waals surface area contributed by atoms with Gasteiger partial charge in [0.05, 0.1) is 17.6 Å². The van der Waals surface area contributed by atoms with Gasteiger partial charge in [0, 0.05) is 25.5 Å². The summed E-state index contributed by atoms with van der Waals surface area (Å²) >= 11 is 6.01. The number of amides is 1. The quantitative estimate of drug-likeness (QED) is 0.314. The van der Waals surface area contributed by atoms with E-state index in [4.69, 9.17) is 16.3 Å². The van der Waals surface area contributed by atoms with Crippen LogP contribution in [0.5, 0.6) is 5.88 Å². The number of sulfonamides is 1. The molecule has 38 heavy (non-hydrogen) atoms. The summed E-state index contributed by atoms with van der Waals surface area (Å²) < 4.78 is 112. The third-order valence-corrected chi connectivity index (χ3v) is 7.36.